The number of aryl methyl sites for hydroxylation is 1. The molecule has 0 bridgehead atoms. The molecule has 2 rings (SSSR count). The number of nitro groups is 1. The van der Waals surface area contributed by atoms with Gasteiger partial charge in [0.2, 0.25) is 0 Å². The van der Waals surface area contributed by atoms with E-state index in [0.717, 1.165) is 11.1 Å². The molecule has 1 atom stereocenters. The molecule has 2 aromatic rings. The average molecular weight is 256 g/mol. The topological polar surface area (TPSA) is 69.2 Å². The Kier molecular flexibility index (Phi) is 3.92. The van der Waals surface area contributed by atoms with Crippen LogP contribution in [0.25, 0.3) is 0 Å². The number of hydrogen-bond acceptors (Lipinski definition) is 3. The summed E-state index contributed by atoms with van der Waals surface area (Å²) >= 11 is 0. The first-order chi connectivity index (χ1) is 9.08. The molecule has 2 aromatic carbocycles. The van der Waals surface area contributed by atoms with Gasteiger partial charge in [-0.25, -0.2) is 0 Å². The fourth-order valence-electron chi connectivity index (χ4n) is 2.12. The van der Waals surface area contributed by atoms with Crippen LogP contribution in [-0.4, -0.2) is 4.92 Å². The highest BCUT2D eigenvalue weighted by Gasteiger charge is 2.16. The van der Waals surface area contributed by atoms with Gasteiger partial charge in [0.05, 0.1) is 4.92 Å². The largest absolute Gasteiger partial charge is 0.324 e. The summed E-state index contributed by atoms with van der Waals surface area (Å²) < 4.78 is 0. The van der Waals surface area contributed by atoms with Gasteiger partial charge >= 0.3 is 0 Å². The monoisotopic (exact) mass is 256 g/mol. The Bertz CT molecular complexity index is 596. The van der Waals surface area contributed by atoms with Crippen LogP contribution in [0.1, 0.15) is 22.7 Å². The fourth-order valence-corrected chi connectivity index (χ4v) is 2.12. The van der Waals surface area contributed by atoms with Crippen molar-refractivity contribution >= 4 is 5.69 Å². The standard InChI is InChI=1S/C15H16N2O2/c1-11-5-4-7-12(9-11)14(16)10-13-6-2-3-8-15(13)17(18)19/h2-9,14H,10,16H2,1H3. The smallest absolute Gasteiger partial charge is 0.272 e. The fraction of sp³-hybridized carbons (Fsp3) is 0.200. The third-order valence-electron chi connectivity index (χ3n) is 3.10. The highest BCUT2D eigenvalue weighted by molar-refractivity contribution is 5.41. The Morgan fingerprint density at radius 2 is 1.95 bits per heavy atom. The molecule has 0 radical (unpaired) electrons. The van der Waals surface area contributed by atoms with Gasteiger partial charge in [-0.1, -0.05) is 48.0 Å². The Labute approximate surface area is 112 Å². The van der Waals surface area contributed by atoms with Gasteiger partial charge in [0.25, 0.3) is 5.69 Å². The lowest BCUT2D eigenvalue weighted by Gasteiger charge is -2.13. The van der Waals surface area contributed by atoms with Crippen LogP contribution in [-0.2, 0) is 6.42 Å². The number of nitrogens with zero attached hydrogens (tertiary/aromatic N) is 1. The molecule has 4 nitrogen and oxygen atoms in total. The number of nitro benzene ring substituents is 1. The van der Waals surface area contributed by atoms with E-state index >= 15 is 0 Å². The minimum Gasteiger partial charge on any atom is -0.324 e. The zero-order valence-electron chi connectivity index (χ0n) is 10.7. The number of benzene rings is 2. The molecule has 0 heterocycles. The summed E-state index contributed by atoms with van der Waals surface area (Å²) in [4.78, 5) is 10.6. The molecule has 2 N–H and O–H groups in total. The number of nitrogens with two attached hydrogens (primary N) is 1. The van der Waals surface area contributed by atoms with Crippen LogP contribution in [0, 0.1) is 17.0 Å². The number of hydrogen-bond donors (Lipinski definition) is 1. The van der Waals surface area contributed by atoms with Crippen LogP contribution in [0.3, 0.4) is 0 Å². The van der Waals surface area contributed by atoms with E-state index in [1.165, 1.54) is 6.07 Å². The van der Waals surface area contributed by atoms with E-state index < -0.39 is 0 Å². The molecule has 98 valence electrons. The summed E-state index contributed by atoms with van der Waals surface area (Å²) in [5.74, 6) is 0. The number of rotatable bonds is 4. The predicted molar refractivity (Wildman–Crippen MR) is 74.9 cm³/mol. The molecule has 1 unspecified atom stereocenters. The van der Waals surface area contributed by atoms with Gasteiger partial charge in [0, 0.05) is 17.7 Å². The maximum absolute atomic E-state index is 11.0. The Balaban J connectivity index is 2.24. The van der Waals surface area contributed by atoms with Crippen molar-refractivity contribution in [2.45, 2.75) is 19.4 Å². The van der Waals surface area contributed by atoms with Crippen molar-refractivity contribution in [3.05, 3.63) is 75.3 Å². The summed E-state index contributed by atoms with van der Waals surface area (Å²) in [5, 5.41) is 11.0. The molecular formula is C15H16N2O2. The van der Waals surface area contributed by atoms with Gasteiger partial charge in [0.1, 0.15) is 0 Å². The molecule has 0 aliphatic heterocycles. The second-order valence-electron chi connectivity index (χ2n) is 4.61. The van der Waals surface area contributed by atoms with Crippen molar-refractivity contribution in [1.82, 2.24) is 0 Å². The molecule has 4 heteroatoms. The van der Waals surface area contributed by atoms with Gasteiger partial charge in [-0.15, -0.1) is 0 Å². The van der Waals surface area contributed by atoms with Crippen LogP contribution in [0.5, 0.6) is 0 Å². The average Bonchev–Trinajstić information content (AvgIpc) is 2.39. The van der Waals surface area contributed by atoms with Crippen molar-refractivity contribution in [1.29, 1.82) is 0 Å². The summed E-state index contributed by atoms with van der Waals surface area (Å²) in [5.41, 5.74) is 9.07. The lowest BCUT2D eigenvalue weighted by atomic mass is 9.97. The van der Waals surface area contributed by atoms with Gasteiger partial charge < -0.3 is 5.73 Å². The van der Waals surface area contributed by atoms with Gasteiger partial charge in [0.15, 0.2) is 0 Å². The van der Waals surface area contributed by atoms with Crippen LogP contribution in [0.15, 0.2) is 48.5 Å². The SMILES string of the molecule is Cc1cccc(C(N)Cc2ccccc2[N+](=O)[O-])c1. The molecule has 0 spiro atoms. The minimum atomic E-state index is -0.363. The van der Waals surface area contributed by atoms with E-state index in [-0.39, 0.29) is 16.7 Å². The van der Waals surface area contributed by atoms with Crippen LogP contribution in [0.2, 0.25) is 0 Å². The molecule has 0 saturated carbocycles. The quantitative estimate of drug-likeness (QED) is 0.674. The van der Waals surface area contributed by atoms with Crippen LogP contribution in [0.4, 0.5) is 5.69 Å². The normalized spacial score (nSPS) is 12.1. The van der Waals surface area contributed by atoms with Crippen molar-refractivity contribution in [2.75, 3.05) is 0 Å². The maximum atomic E-state index is 11.0. The van der Waals surface area contributed by atoms with Crippen LogP contribution < -0.4 is 5.73 Å². The van der Waals surface area contributed by atoms with Gasteiger partial charge in [-0.2, -0.15) is 0 Å². The molecular weight excluding hydrogens is 240 g/mol. The first-order valence-corrected chi connectivity index (χ1v) is 6.12. The van der Waals surface area contributed by atoms with Crippen molar-refractivity contribution < 1.29 is 4.92 Å². The molecule has 0 aliphatic rings. The summed E-state index contributed by atoms with van der Waals surface area (Å²) in [7, 11) is 0. The zero-order valence-corrected chi connectivity index (χ0v) is 10.7. The molecule has 0 saturated heterocycles. The van der Waals surface area contributed by atoms with E-state index in [9.17, 15) is 10.1 Å². The predicted octanol–water partition coefficient (Wildman–Crippen LogP) is 3.15. The van der Waals surface area contributed by atoms with E-state index in [1.807, 2.05) is 31.2 Å². The second kappa shape index (κ2) is 5.63. The molecule has 0 aromatic heterocycles. The summed E-state index contributed by atoms with van der Waals surface area (Å²) in [6, 6.07) is 14.4. The third-order valence-corrected chi connectivity index (χ3v) is 3.10. The van der Waals surface area contributed by atoms with Gasteiger partial charge in [-0.3, -0.25) is 10.1 Å². The Morgan fingerprint density at radius 3 is 2.63 bits per heavy atom. The number of para-hydroxylation sites is 1. The van der Waals surface area contributed by atoms with E-state index in [1.54, 1.807) is 18.2 Å². The molecule has 0 aliphatic carbocycles. The van der Waals surface area contributed by atoms with Crippen LogP contribution >= 0.6 is 0 Å². The first-order valence-electron chi connectivity index (χ1n) is 6.12. The van der Waals surface area contributed by atoms with Crippen molar-refractivity contribution in [3.63, 3.8) is 0 Å². The van der Waals surface area contributed by atoms with Gasteiger partial charge in [-0.05, 0) is 18.9 Å². The molecule has 19 heavy (non-hydrogen) atoms. The second-order valence-corrected chi connectivity index (χ2v) is 4.61. The van der Waals surface area contributed by atoms with Crippen molar-refractivity contribution in [3.8, 4) is 0 Å². The molecule has 0 fully saturated rings. The Hall–Kier alpha value is -2.20. The lowest BCUT2D eigenvalue weighted by molar-refractivity contribution is -0.385. The highest BCUT2D eigenvalue weighted by Crippen LogP contribution is 2.23. The summed E-state index contributed by atoms with van der Waals surface area (Å²) in [6.07, 6.45) is 0.459. The Morgan fingerprint density at radius 1 is 1.21 bits per heavy atom. The first kappa shape index (κ1) is 13.2. The summed E-state index contributed by atoms with van der Waals surface area (Å²) in [6.45, 7) is 2.00. The molecule has 0 amide bonds. The van der Waals surface area contributed by atoms with E-state index in [2.05, 4.69) is 0 Å². The van der Waals surface area contributed by atoms with Crippen molar-refractivity contribution in [2.24, 2.45) is 5.73 Å². The maximum Gasteiger partial charge on any atom is 0.272 e. The van der Waals surface area contributed by atoms with E-state index in [0.29, 0.717) is 12.0 Å². The zero-order chi connectivity index (χ0) is 13.8. The third kappa shape index (κ3) is 3.17. The van der Waals surface area contributed by atoms with E-state index in [4.69, 9.17) is 5.73 Å². The highest BCUT2D eigenvalue weighted by atomic mass is 16.6. The minimum absolute atomic E-state index is 0.130. The lowest BCUT2D eigenvalue weighted by Crippen LogP contribution is -2.14.